The number of benzene rings is 2. The average Bonchev–Trinajstić information content (AvgIpc) is 2.71. The van der Waals surface area contributed by atoms with Crippen LogP contribution in [0.1, 0.15) is 57.9 Å². The highest BCUT2D eigenvalue weighted by molar-refractivity contribution is 6.32. The lowest BCUT2D eigenvalue weighted by molar-refractivity contribution is 0.338. The van der Waals surface area contributed by atoms with E-state index in [9.17, 15) is 4.39 Å². The fraction of sp³-hybridized carbons (Fsp3) is 0.417. The Kier molecular flexibility index (Phi) is 6.95. The summed E-state index contributed by atoms with van der Waals surface area (Å²) in [6, 6.07) is 11.6. The summed E-state index contributed by atoms with van der Waals surface area (Å²) in [6.07, 6.45) is 9.94. The van der Waals surface area contributed by atoms with Crippen LogP contribution in [0.5, 0.6) is 5.75 Å². The van der Waals surface area contributed by atoms with Crippen molar-refractivity contribution in [2.45, 2.75) is 52.4 Å². The topological polar surface area (TPSA) is 9.23 Å². The maximum atomic E-state index is 14.6. The number of unbranched alkanes of at least 4 members (excludes halogenated alkanes) is 1. The van der Waals surface area contributed by atoms with Crippen molar-refractivity contribution in [3.63, 3.8) is 0 Å². The van der Waals surface area contributed by atoms with Crippen molar-refractivity contribution in [1.29, 1.82) is 0 Å². The van der Waals surface area contributed by atoms with E-state index in [0.717, 1.165) is 17.9 Å². The molecule has 0 radical (unpaired) electrons. The zero-order valence-electron chi connectivity index (χ0n) is 16.2. The zero-order valence-corrected chi connectivity index (χ0v) is 17.0. The molecular weight excluding hydrogens is 359 g/mol. The van der Waals surface area contributed by atoms with Crippen LogP contribution in [0.2, 0.25) is 5.02 Å². The minimum atomic E-state index is -0.425. The standard InChI is InChI=1S/C24H28ClFO/c1-3-5-6-17-7-9-18(10-8-17)19-11-13-20(14-12-19)21-15-16-22(27-4-2)23(25)24(21)26/h9,11-17H,3-8,10H2,1-2H3. The maximum Gasteiger partial charge on any atom is 0.153 e. The molecule has 0 amide bonds. The highest BCUT2D eigenvalue weighted by atomic mass is 35.5. The monoisotopic (exact) mass is 386 g/mol. The van der Waals surface area contributed by atoms with E-state index < -0.39 is 5.82 Å². The summed E-state index contributed by atoms with van der Waals surface area (Å²) in [6.45, 7) is 4.57. The van der Waals surface area contributed by atoms with Gasteiger partial charge in [0.1, 0.15) is 10.8 Å². The molecule has 27 heavy (non-hydrogen) atoms. The predicted octanol–water partition coefficient (Wildman–Crippen LogP) is 7.92. The minimum absolute atomic E-state index is 0.0477. The first-order chi connectivity index (χ1) is 13.1. The van der Waals surface area contributed by atoms with Gasteiger partial charge in [0.2, 0.25) is 0 Å². The molecule has 0 saturated carbocycles. The Bertz CT molecular complexity index is 795. The average molecular weight is 387 g/mol. The molecule has 2 aromatic carbocycles. The number of rotatable bonds is 7. The lowest BCUT2D eigenvalue weighted by atomic mass is 9.84. The Morgan fingerprint density at radius 2 is 1.81 bits per heavy atom. The Morgan fingerprint density at radius 1 is 1.07 bits per heavy atom. The first-order valence-electron chi connectivity index (χ1n) is 10.0. The van der Waals surface area contributed by atoms with Gasteiger partial charge in [-0.2, -0.15) is 0 Å². The molecule has 0 bridgehead atoms. The maximum absolute atomic E-state index is 14.6. The van der Waals surface area contributed by atoms with Gasteiger partial charge in [-0.05, 0) is 60.9 Å². The van der Waals surface area contributed by atoms with E-state index >= 15 is 0 Å². The molecule has 1 aliphatic carbocycles. The summed E-state index contributed by atoms with van der Waals surface area (Å²) in [4.78, 5) is 0. The molecule has 1 unspecified atom stereocenters. The van der Waals surface area contributed by atoms with Crippen molar-refractivity contribution in [3.8, 4) is 16.9 Å². The van der Waals surface area contributed by atoms with Crippen molar-refractivity contribution in [1.82, 2.24) is 0 Å². The van der Waals surface area contributed by atoms with Crippen LogP contribution >= 0.6 is 11.6 Å². The van der Waals surface area contributed by atoms with Crippen LogP contribution in [0.4, 0.5) is 4.39 Å². The molecule has 3 heteroatoms. The minimum Gasteiger partial charge on any atom is -0.492 e. The Hall–Kier alpha value is -1.80. The zero-order chi connectivity index (χ0) is 19.2. The third-order valence-electron chi connectivity index (χ3n) is 5.40. The molecule has 1 atom stereocenters. The van der Waals surface area contributed by atoms with Gasteiger partial charge in [-0.25, -0.2) is 4.39 Å². The number of allylic oxidation sites excluding steroid dienone is 2. The van der Waals surface area contributed by atoms with Crippen LogP contribution in [0.25, 0.3) is 16.7 Å². The molecule has 0 aliphatic heterocycles. The Balaban J connectivity index is 1.75. The molecule has 0 aromatic heterocycles. The third-order valence-corrected chi connectivity index (χ3v) is 5.75. The Labute approximate surface area is 167 Å². The fourth-order valence-corrected chi connectivity index (χ4v) is 4.01. The van der Waals surface area contributed by atoms with E-state index in [-0.39, 0.29) is 5.02 Å². The lowest BCUT2D eigenvalue weighted by Crippen LogP contribution is -2.05. The number of hydrogen-bond acceptors (Lipinski definition) is 1. The summed E-state index contributed by atoms with van der Waals surface area (Å²) < 4.78 is 20.0. The Morgan fingerprint density at radius 3 is 2.44 bits per heavy atom. The van der Waals surface area contributed by atoms with Gasteiger partial charge >= 0.3 is 0 Å². The second-order valence-corrected chi connectivity index (χ2v) is 7.64. The third kappa shape index (κ3) is 4.73. The van der Waals surface area contributed by atoms with Gasteiger partial charge in [-0.1, -0.05) is 68.1 Å². The van der Waals surface area contributed by atoms with Crippen molar-refractivity contribution < 1.29 is 9.13 Å². The summed E-state index contributed by atoms with van der Waals surface area (Å²) in [7, 11) is 0. The van der Waals surface area contributed by atoms with E-state index in [1.165, 1.54) is 43.2 Å². The van der Waals surface area contributed by atoms with Crippen LogP contribution in [0, 0.1) is 11.7 Å². The molecule has 0 spiro atoms. The number of ether oxygens (including phenoxy) is 1. The van der Waals surface area contributed by atoms with Gasteiger partial charge in [0, 0.05) is 5.56 Å². The number of hydrogen-bond donors (Lipinski definition) is 0. The quantitative estimate of drug-likeness (QED) is 0.469. The van der Waals surface area contributed by atoms with Gasteiger partial charge < -0.3 is 4.74 Å². The molecule has 0 N–H and O–H groups in total. The van der Waals surface area contributed by atoms with E-state index in [0.29, 0.717) is 17.9 Å². The molecule has 0 heterocycles. The molecule has 144 valence electrons. The first kappa shape index (κ1) is 19.9. The van der Waals surface area contributed by atoms with E-state index in [2.05, 4.69) is 25.1 Å². The predicted molar refractivity (Wildman–Crippen MR) is 113 cm³/mol. The van der Waals surface area contributed by atoms with Gasteiger partial charge in [0.15, 0.2) is 5.82 Å². The van der Waals surface area contributed by atoms with Crippen molar-refractivity contribution >= 4 is 17.2 Å². The van der Waals surface area contributed by atoms with E-state index in [1.807, 2.05) is 19.1 Å². The fourth-order valence-electron chi connectivity index (χ4n) is 3.79. The summed E-state index contributed by atoms with van der Waals surface area (Å²) in [5, 5.41) is 0.0477. The second kappa shape index (κ2) is 9.41. The largest absolute Gasteiger partial charge is 0.492 e. The van der Waals surface area contributed by atoms with Crippen LogP contribution in [-0.2, 0) is 0 Å². The van der Waals surface area contributed by atoms with Crippen LogP contribution < -0.4 is 4.74 Å². The van der Waals surface area contributed by atoms with Crippen LogP contribution in [0.3, 0.4) is 0 Å². The van der Waals surface area contributed by atoms with Gasteiger partial charge in [0.25, 0.3) is 0 Å². The summed E-state index contributed by atoms with van der Waals surface area (Å²) >= 11 is 6.12. The highest BCUT2D eigenvalue weighted by Crippen LogP contribution is 2.36. The lowest BCUT2D eigenvalue weighted by Gasteiger charge is -2.22. The van der Waals surface area contributed by atoms with Gasteiger partial charge in [0.05, 0.1) is 6.61 Å². The van der Waals surface area contributed by atoms with Gasteiger partial charge in [-0.3, -0.25) is 0 Å². The molecule has 2 aromatic rings. The first-order valence-corrected chi connectivity index (χ1v) is 10.4. The normalized spacial score (nSPS) is 16.9. The smallest absolute Gasteiger partial charge is 0.153 e. The molecule has 0 fully saturated rings. The van der Waals surface area contributed by atoms with Gasteiger partial charge in [-0.15, -0.1) is 0 Å². The van der Waals surface area contributed by atoms with E-state index in [1.54, 1.807) is 12.1 Å². The van der Waals surface area contributed by atoms with E-state index in [4.69, 9.17) is 16.3 Å². The highest BCUT2D eigenvalue weighted by Gasteiger charge is 2.16. The molecule has 1 aliphatic rings. The van der Waals surface area contributed by atoms with Crippen molar-refractivity contribution in [3.05, 3.63) is 58.9 Å². The van der Waals surface area contributed by atoms with Crippen LogP contribution in [0.15, 0.2) is 42.5 Å². The SMILES string of the molecule is CCCCC1CC=C(c2ccc(-c3ccc(OCC)c(Cl)c3F)cc2)CC1. The second-order valence-electron chi connectivity index (χ2n) is 7.26. The van der Waals surface area contributed by atoms with Crippen LogP contribution in [-0.4, -0.2) is 6.61 Å². The molecular formula is C24H28ClFO. The molecule has 1 nitrogen and oxygen atoms in total. The summed E-state index contributed by atoms with van der Waals surface area (Å²) in [5.74, 6) is 0.807. The number of halogens is 2. The summed E-state index contributed by atoms with van der Waals surface area (Å²) in [5.41, 5.74) is 4.00. The van der Waals surface area contributed by atoms with Crippen molar-refractivity contribution in [2.75, 3.05) is 6.61 Å². The molecule has 3 rings (SSSR count). The van der Waals surface area contributed by atoms with Crippen molar-refractivity contribution in [2.24, 2.45) is 5.92 Å². The molecule has 0 saturated heterocycles.